The maximum Gasteiger partial charge on any atom is 0.458 e. The molecule has 4 bridgehead atoms. The Morgan fingerprint density at radius 2 is 1.43 bits per heavy atom. The van der Waals surface area contributed by atoms with Crippen molar-refractivity contribution in [2.45, 2.75) is 51.1 Å². The Morgan fingerprint density at radius 1 is 0.892 bits per heavy atom. The van der Waals surface area contributed by atoms with Gasteiger partial charge < -0.3 is 14.8 Å². The minimum atomic E-state index is -6.16. The lowest BCUT2D eigenvalue weighted by Gasteiger charge is -2.52. The fourth-order valence-corrected chi connectivity index (χ4v) is 7.23. The van der Waals surface area contributed by atoms with Crippen LogP contribution in [0.5, 0.6) is 0 Å². The normalized spacial score (nSPS) is 26.0. The van der Waals surface area contributed by atoms with E-state index in [9.17, 15) is 33.0 Å². The van der Waals surface area contributed by atoms with Crippen molar-refractivity contribution in [3.05, 3.63) is 52.2 Å². The number of aryl methyl sites for hydroxylation is 1. The van der Waals surface area contributed by atoms with Gasteiger partial charge in [0, 0.05) is 29.2 Å². The highest BCUT2D eigenvalue weighted by atomic mass is 19.4. The van der Waals surface area contributed by atoms with Crippen LogP contribution in [0.25, 0.3) is 16.5 Å². The molecule has 2 N–H and O–H groups in total. The number of carbonyl (C=O) groups is 2. The lowest BCUT2D eigenvalue weighted by Crippen LogP contribution is -2.43. The Hall–Kier alpha value is -3.17. The van der Waals surface area contributed by atoms with E-state index in [2.05, 4.69) is 0 Å². The number of rotatable bonds is 5. The fraction of sp³-hybridized carbons (Fsp3) is 0.481. The molecule has 1 heterocycles. The number of fused-ring (bicyclic) bond motifs is 1. The van der Waals surface area contributed by atoms with E-state index in [1.165, 1.54) is 36.7 Å². The minimum absolute atomic E-state index is 0.0139. The van der Waals surface area contributed by atoms with Gasteiger partial charge in [-0.1, -0.05) is 18.2 Å². The van der Waals surface area contributed by atoms with Crippen molar-refractivity contribution >= 4 is 28.4 Å². The second kappa shape index (κ2) is 8.43. The zero-order valence-electron chi connectivity index (χ0n) is 20.2. The molecule has 10 heteroatoms. The van der Waals surface area contributed by atoms with Crippen LogP contribution in [0.2, 0.25) is 0 Å². The summed E-state index contributed by atoms with van der Waals surface area (Å²) in [6.07, 6.45) is -2.83. The standard InChI is InChI=1S/C27H26F5NO4/c1-12-19(17-5-3-4-6-18(17)33(12)2)23(26(28,29)27(30,31)32)22(25(36)37)21(24(34)35)20-15-8-13-7-14(10-15)11-16(20)9-13/h3-6,13-16H,7-11H2,1-2H3,(H,34,35)(H,36,37)/b21-20?,23-22+. The van der Waals surface area contributed by atoms with E-state index in [-0.39, 0.29) is 28.5 Å². The molecule has 6 rings (SSSR count). The van der Waals surface area contributed by atoms with Gasteiger partial charge in [0.2, 0.25) is 0 Å². The second-order valence-corrected chi connectivity index (χ2v) is 10.6. The van der Waals surface area contributed by atoms with Crippen LogP contribution in [0.1, 0.15) is 43.4 Å². The molecule has 4 fully saturated rings. The second-order valence-electron chi connectivity index (χ2n) is 10.6. The molecule has 2 aromatic rings. The number of carboxylic acid groups (broad SMARTS) is 2. The fourth-order valence-electron chi connectivity index (χ4n) is 7.23. The van der Waals surface area contributed by atoms with Crippen LogP contribution in [0.15, 0.2) is 41.0 Å². The maximum absolute atomic E-state index is 15.5. The van der Waals surface area contributed by atoms with Gasteiger partial charge in [0.15, 0.2) is 0 Å². The van der Waals surface area contributed by atoms with Crippen molar-refractivity contribution in [3.8, 4) is 0 Å². The highest BCUT2D eigenvalue weighted by molar-refractivity contribution is 6.14. The predicted molar refractivity (Wildman–Crippen MR) is 125 cm³/mol. The Morgan fingerprint density at radius 3 is 1.92 bits per heavy atom. The molecule has 0 unspecified atom stereocenters. The van der Waals surface area contributed by atoms with Gasteiger partial charge in [-0.2, -0.15) is 22.0 Å². The van der Waals surface area contributed by atoms with Crippen LogP contribution < -0.4 is 0 Å². The Kier molecular flexibility index (Phi) is 5.80. The molecule has 0 amide bonds. The number of carboxylic acids is 2. The summed E-state index contributed by atoms with van der Waals surface area (Å²) in [4.78, 5) is 25.3. The first-order valence-electron chi connectivity index (χ1n) is 12.2. The number of para-hydroxylation sites is 1. The molecule has 37 heavy (non-hydrogen) atoms. The SMILES string of the molecule is Cc1c(/C(=C(\C(=O)O)C(C(=O)O)=C2C3CC4CC(C3)CC2C4)C(F)(F)C(F)(F)F)c2ccccc2n1C. The Bertz CT molecular complexity index is 1350. The number of aliphatic carboxylic acids is 2. The van der Waals surface area contributed by atoms with E-state index in [1.54, 1.807) is 6.07 Å². The van der Waals surface area contributed by atoms with Crippen molar-refractivity contribution in [1.82, 2.24) is 4.57 Å². The monoisotopic (exact) mass is 523 g/mol. The van der Waals surface area contributed by atoms with Gasteiger partial charge in [0.05, 0.1) is 16.7 Å². The summed E-state index contributed by atoms with van der Waals surface area (Å²) in [7, 11) is 1.47. The smallest absolute Gasteiger partial charge is 0.458 e. The number of nitrogens with zero attached hydrogens (tertiary/aromatic N) is 1. The van der Waals surface area contributed by atoms with Crippen LogP contribution in [-0.4, -0.2) is 38.8 Å². The highest BCUT2D eigenvalue weighted by Crippen LogP contribution is 2.58. The number of allylic oxidation sites excluding steroid dienone is 2. The topological polar surface area (TPSA) is 79.5 Å². The summed E-state index contributed by atoms with van der Waals surface area (Å²) >= 11 is 0. The predicted octanol–water partition coefficient (Wildman–Crippen LogP) is 6.36. The molecule has 0 aliphatic heterocycles. The molecule has 0 radical (unpaired) electrons. The third-order valence-corrected chi connectivity index (χ3v) is 8.55. The summed E-state index contributed by atoms with van der Waals surface area (Å²) in [5, 5.41) is 20.4. The molecule has 0 atom stereocenters. The maximum atomic E-state index is 15.5. The molecule has 4 aliphatic carbocycles. The molecular weight excluding hydrogens is 497 g/mol. The van der Waals surface area contributed by atoms with E-state index < -0.39 is 46.3 Å². The summed E-state index contributed by atoms with van der Waals surface area (Å²) in [5.41, 5.74) is -4.32. The zero-order chi connectivity index (χ0) is 27.0. The number of halogens is 5. The Balaban J connectivity index is 1.93. The van der Waals surface area contributed by atoms with Gasteiger partial charge in [-0.3, -0.25) is 0 Å². The van der Waals surface area contributed by atoms with Crippen molar-refractivity contribution in [1.29, 1.82) is 0 Å². The van der Waals surface area contributed by atoms with Gasteiger partial charge >= 0.3 is 24.0 Å². The average molecular weight is 523 g/mol. The number of alkyl halides is 5. The van der Waals surface area contributed by atoms with Gasteiger partial charge in [-0.15, -0.1) is 0 Å². The summed E-state index contributed by atoms with van der Waals surface area (Å²) in [5.74, 6) is -9.58. The van der Waals surface area contributed by atoms with Gasteiger partial charge in [0.25, 0.3) is 0 Å². The first-order valence-corrected chi connectivity index (χ1v) is 12.2. The van der Waals surface area contributed by atoms with Crippen molar-refractivity contribution in [2.24, 2.45) is 30.7 Å². The molecule has 1 aromatic carbocycles. The highest BCUT2D eigenvalue weighted by Gasteiger charge is 2.63. The minimum Gasteiger partial charge on any atom is -0.478 e. The van der Waals surface area contributed by atoms with E-state index in [0.717, 1.165) is 6.42 Å². The van der Waals surface area contributed by atoms with Crippen LogP contribution >= 0.6 is 0 Å². The molecule has 4 aliphatic rings. The Labute approximate surface area is 209 Å². The lowest BCUT2D eigenvalue weighted by molar-refractivity contribution is -0.254. The van der Waals surface area contributed by atoms with E-state index >= 15 is 8.78 Å². The average Bonchev–Trinajstić information content (AvgIpc) is 3.03. The van der Waals surface area contributed by atoms with Crippen molar-refractivity contribution in [3.63, 3.8) is 0 Å². The molecule has 0 spiro atoms. The molecule has 4 saturated carbocycles. The third-order valence-electron chi connectivity index (χ3n) is 8.55. The van der Waals surface area contributed by atoms with E-state index in [0.29, 0.717) is 43.0 Å². The van der Waals surface area contributed by atoms with Gasteiger partial charge in [-0.25, -0.2) is 9.59 Å². The van der Waals surface area contributed by atoms with Crippen LogP contribution in [0.4, 0.5) is 22.0 Å². The van der Waals surface area contributed by atoms with Gasteiger partial charge in [0.1, 0.15) is 0 Å². The number of hydrogen-bond acceptors (Lipinski definition) is 2. The van der Waals surface area contributed by atoms with Crippen molar-refractivity contribution < 1.29 is 41.8 Å². The van der Waals surface area contributed by atoms with Crippen LogP contribution in [0.3, 0.4) is 0 Å². The number of aromatic nitrogens is 1. The van der Waals surface area contributed by atoms with E-state index in [4.69, 9.17) is 0 Å². The van der Waals surface area contributed by atoms with Gasteiger partial charge in [-0.05, 0) is 74.3 Å². The first kappa shape index (κ1) is 25.5. The molecule has 0 saturated heterocycles. The first-order chi connectivity index (χ1) is 17.2. The van der Waals surface area contributed by atoms with Crippen molar-refractivity contribution in [2.75, 3.05) is 0 Å². The zero-order valence-corrected chi connectivity index (χ0v) is 20.2. The molecular formula is C27H26F5NO4. The van der Waals surface area contributed by atoms with E-state index in [1.807, 2.05) is 0 Å². The summed E-state index contributed by atoms with van der Waals surface area (Å²) in [6, 6.07) is 5.88. The van der Waals surface area contributed by atoms with Crippen LogP contribution in [0, 0.1) is 30.6 Å². The molecule has 5 nitrogen and oxygen atoms in total. The largest absolute Gasteiger partial charge is 0.478 e. The molecule has 1 aromatic heterocycles. The number of hydrogen-bond donors (Lipinski definition) is 2. The number of benzene rings is 1. The van der Waals surface area contributed by atoms with Crippen LogP contribution in [-0.2, 0) is 16.6 Å². The third kappa shape index (κ3) is 3.78. The quantitative estimate of drug-likeness (QED) is 0.353. The summed E-state index contributed by atoms with van der Waals surface area (Å²) < 4.78 is 74.3. The summed E-state index contributed by atoms with van der Waals surface area (Å²) in [6.45, 7) is 1.32. The molecule has 198 valence electrons. The lowest BCUT2D eigenvalue weighted by atomic mass is 9.53.